The number of aromatic nitrogens is 1. The molecule has 0 aliphatic carbocycles. The summed E-state index contributed by atoms with van der Waals surface area (Å²) in [6.45, 7) is 0.779. The molecule has 3 rings (SSSR count). The molecule has 1 N–H and O–H groups in total. The zero-order valence-electron chi connectivity index (χ0n) is 9.56. The van der Waals surface area contributed by atoms with Gasteiger partial charge in [0.05, 0.1) is 10.2 Å². The van der Waals surface area contributed by atoms with E-state index in [1.807, 2.05) is 30.3 Å². The van der Waals surface area contributed by atoms with Crippen LogP contribution in [0.3, 0.4) is 0 Å². The lowest BCUT2D eigenvalue weighted by Crippen LogP contribution is -1.99. The third-order valence-corrected chi connectivity index (χ3v) is 4.45. The quantitative estimate of drug-likeness (QED) is 0.759. The number of fused-ring (bicyclic) bond motifs is 1. The van der Waals surface area contributed by atoms with E-state index in [1.54, 1.807) is 11.3 Å². The summed E-state index contributed by atoms with van der Waals surface area (Å²) in [6.07, 6.45) is 0. The third-order valence-electron chi connectivity index (χ3n) is 2.68. The van der Waals surface area contributed by atoms with Crippen molar-refractivity contribution in [3.63, 3.8) is 0 Å². The van der Waals surface area contributed by atoms with Gasteiger partial charge in [0.15, 0.2) is 5.13 Å². The Hall–Kier alpha value is -1.39. The minimum absolute atomic E-state index is 0.779. The van der Waals surface area contributed by atoms with Gasteiger partial charge in [-0.05, 0) is 23.8 Å². The van der Waals surface area contributed by atoms with Crippen molar-refractivity contribution in [1.82, 2.24) is 4.98 Å². The summed E-state index contributed by atoms with van der Waals surface area (Å²) in [5, 5.41) is 4.33. The van der Waals surface area contributed by atoms with Crippen molar-refractivity contribution in [2.24, 2.45) is 0 Å². The van der Waals surface area contributed by atoms with E-state index in [-0.39, 0.29) is 0 Å². The molecule has 90 valence electrons. The molecule has 3 aromatic rings. The molecule has 0 amide bonds. The summed E-state index contributed by atoms with van der Waals surface area (Å²) < 4.78 is 2.34. The third kappa shape index (κ3) is 2.40. The Morgan fingerprint density at radius 3 is 2.67 bits per heavy atom. The molecule has 0 radical (unpaired) electrons. The Balaban J connectivity index is 1.79. The van der Waals surface area contributed by atoms with Crippen LogP contribution in [0.15, 0.2) is 53.0 Å². The lowest BCUT2D eigenvalue weighted by molar-refractivity contribution is 1.13. The van der Waals surface area contributed by atoms with Gasteiger partial charge in [0, 0.05) is 11.0 Å². The molecule has 0 aliphatic heterocycles. The van der Waals surface area contributed by atoms with E-state index in [0.29, 0.717) is 0 Å². The smallest absolute Gasteiger partial charge is 0.184 e. The van der Waals surface area contributed by atoms with Crippen molar-refractivity contribution in [2.75, 3.05) is 5.32 Å². The molecule has 18 heavy (non-hydrogen) atoms. The summed E-state index contributed by atoms with van der Waals surface area (Å²) in [5.74, 6) is 0. The van der Waals surface area contributed by atoms with Crippen LogP contribution >= 0.6 is 27.3 Å². The highest BCUT2D eigenvalue weighted by atomic mass is 79.9. The minimum Gasteiger partial charge on any atom is -0.357 e. The molecular formula is C14H11BrN2S. The number of benzene rings is 2. The van der Waals surface area contributed by atoms with Crippen molar-refractivity contribution >= 4 is 42.6 Å². The van der Waals surface area contributed by atoms with Gasteiger partial charge < -0.3 is 5.32 Å². The Bertz CT molecular complexity index is 645. The number of rotatable bonds is 3. The predicted molar refractivity (Wildman–Crippen MR) is 81.1 cm³/mol. The lowest BCUT2D eigenvalue weighted by Gasteiger charge is -2.04. The zero-order chi connectivity index (χ0) is 12.4. The summed E-state index contributed by atoms with van der Waals surface area (Å²) in [7, 11) is 0. The van der Waals surface area contributed by atoms with E-state index in [4.69, 9.17) is 0 Å². The number of hydrogen-bond donors (Lipinski definition) is 1. The summed E-state index contributed by atoms with van der Waals surface area (Å²) in [6, 6.07) is 16.4. The standard InChI is InChI=1S/C14H11BrN2S/c15-11-6-2-1-5-10(11)9-16-14-17-12-7-3-4-8-13(12)18-14/h1-8H,9H2,(H,16,17). The van der Waals surface area contributed by atoms with E-state index in [1.165, 1.54) is 10.3 Å². The van der Waals surface area contributed by atoms with Crippen molar-refractivity contribution in [2.45, 2.75) is 6.54 Å². The van der Waals surface area contributed by atoms with Crippen LogP contribution in [0.25, 0.3) is 10.2 Å². The fourth-order valence-electron chi connectivity index (χ4n) is 1.76. The van der Waals surface area contributed by atoms with Crippen LogP contribution in [0.2, 0.25) is 0 Å². The molecule has 0 spiro atoms. The first-order valence-electron chi connectivity index (χ1n) is 5.66. The lowest BCUT2D eigenvalue weighted by atomic mass is 10.2. The van der Waals surface area contributed by atoms with Crippen LogP contribution in [0.1, 0.15) is 5.56 Å². The van der Waals surface area contributed by atoms with Gasteiger partial charge in [-0.2, -0.15) is 0 Å². The van der Waals surface area contributed by atoms with Gasteiger partial charge in [-0.3, -0.25) is 0 Å². The summed E-state index contributed by atoms with van der Waals surface area (Å²) in [4.78, 5) is 4.55. The summed E-state index contributed by atoms with van der Waals surface area (Å²) >= 11 is 5.23. The topological polar surface area (TPSA) is 24.9 Å². The average Bonchev–Trinajstić information content (AvgIpc) is 2.80. The second kappa shape index (κ2) is 5.08. The molecule has 1 heterocycles. The molecule has 2 aromatic carbocycles. The number of hydrogen-bond acceptors (Lipinski definition) is 3. The zero-order valence-corrected chi connectivity index (χ0v) is 12.0. The van der Waals surface area contributed by atoms with Crippen molar-refractivity contribution in [3.05, 3.63) is 58.6 Å². The number of halogens is 1. The van der Waals surface area contributed by atoms with Crippen molar-refractivity contribution in [1.29, 1.82) is 0 Å². The monoisotopic (exact) mass is 318 g/mol. The van der Waals surface area contributed by atoms with Crippen LogP contribution in [0.4, 0.5) is 5.13 Å². The maximum atomic E-state index is 4.55. The number of nitrogens with one attached hydrogen (secondary N) is 1. The van der Waals surface area contributed by atoms with E-state index in [9.17, 15) is 0 Å². The van der Waals surface area contributed by atoms with Gasteiger partial charge in [0.1, 0.15) is 0 Å². The van der Waals surface area contributed by atoms with Crippen LogP contribution in [-0.2, 0) is 6.54 Å². The van der Waals surface area contributed by atoms with Crippen LogP contribution in [0.5, 0.6) is 0 Å². The molecule has 4 heteroatoms. The Labute approximate surface area is 118 Å². The van der Waals surface area contributed by atoms with Gasteiger partial charge >= 0.3 is 0 Å². The summed E-state index contributed by atoms with van der Waals surface area (Å²) in [5.41, 5.74) is 2.29. The maximum Gasteiger partial charge on any atom is 0.184 e. The molecule has 0 saturated heterocycles. The number of thiazole rings is 1. The van der Waals surface area contributed by atoms with Crippen molar-refractivity contribution < 1.29 is 0 Å². The Kier molecular flexibility index (Phi) is 3.30. The fourth-order valence-corrected chi connectivity index (χ4v) is 3.05. The second-order valence-electron chi connectivity index (χ2n) is 3.93. The van der Waals surface area contributed by atoms with Crippen LogP contribution in [-0.4, -0.2) is 4.98 Å². The van der Waals surface area contributed by atoms with E-state index >= 15 is 0 Å². The number of anilines is 1. The van der Waals surface area contributed by atoms with Gasteiger partial charge in [0.25, 0.3) is 0 Å². The van der Waals surface area contributed by atoms with E-state index in [2.05, 4.69) is 44.4 Å². The molecule has 0 saturated carbocycles. The average molecular weight is 319 g/mol. The van der Waals surface area contributed by atoms with Crippen LogP contribution in [0, 0.1) is 0 Å². The van der Waals surface area contributed by atoms with Crippen molar-refractivity contribution in [3.8, 4) is 0 Å². The molecular weight excluding hydrogens is 308 g/mol. The molecule has 2 nitrogen and oxygen atoms in total. The molecule has 0 unspecified atom stereocenters. The van der Waals surface area contributed by atoms with Gasteiger partial charge in [0.2, 0.25) is 0 Å². The largest absolute Gasteiger partial charge is 0.357 e. The maximum absolute atomic E-state index is 4.55. The molecule has 0 fully saturated rings. The Morgan fingerprint density at radius 2 is 1.83 bits per heavy atom. The normalized spacial score (nSPS) is 10.7. The minimum atomic E-state index is 0.779. The van der Waals surface area contributed by atoms with E-state index in [0.717, 1.165) is 21.7 Å². The van der Waals surface area contributed by atoms with Gasteiger partial charge in [-0.15, -0.1) is 0 Å². The highest BCUT2D eigenvalue weighted by Gasteiger charge is 2.03. The van der Waals surface area contributed by atoms with Gasteiger partial charge in [-0.1, -0.05) is 57.6 Å². The number of para-hydroxylation sites is 1. The first kappa shape index (κ1) is 11.7. The fraction of sp³-hybridized carbons (Fsp3) is 0.0714. The first-order valence-corrected chi connectivity index (χ1v) is 7.27. The highest BCUT2D eigenvalue weighted by molar-refractivity contribution is 9.10. The molecule has 1 aromatic heterocycles. The first-order chi connectivity index (χ1) is 8.83. The molecule has 0 bridgehead atoms. The second-order valence-corrected chi connectivity index (χ2v) is 5.82. The van der Waals surface area contributed by atoms with Gasteiger partial charge in [-0.25, -0.2) is 4.98 Å². The highest BCUT2D eigenvalue weighted by Crippen LogP contribution is 2.26. The van der Waals surface area contributed by atoms with Crippen LogP contribution < -0.4 is 5.32 Å². The van der Waals surface area contributed by atoms with E-state index < -0.39 is 0 Å². The number of nitrogens with zero attached hydrogens (tertiary/aromatic N) is 1. The predicted octanol–water partition coefficient (Wildman–Crippen LogP) is 4.67. The molecule has 0 aliphatic rings. The SMILES string of the molecule is Brc1ccccc1CNc1nc2ccccc2s1. The molecule has 0 atom stereocenters. The Morgan fingerprint density at radius 1 is 1.06 bits per heavy atom.